The van der Waals surface area contributed by atoms with Gasteiger partial charge in [0.1, 0.15) is 5.82 Å². The van der Waals surface area contributed by atoms with Crippen molar-refractivity contribution in [2.75, 3.05) is 13.2 Å². The van der Waals surface area contributed by atoms with Crippen molar-refractivity contribution in [2.24, 2.45) is 5.73 Å². The van der Waals surface area contributed by atoms with Crippen LogP contribution in [0, 0.1) is 6.92 Å². The second-order valence-corrected chi connectivity index (χ2v) is 6.35. The van der Waals surface area contributed by atoms with E-state index in [0.717, 1.165) is 5.56 Å². The molecule has 2 aromatic rings. The van der Waals surface area contributed by atoms with Crippen LogP contribution in [0.3, 0.4) is 0 Å². The van der Waals surface area contributed by atoms with Crippen LogP contribution >= 0.6 is 0 Å². The second kappa shape index (κ2) is 6.57. The molecule has 2 N–H and O–H groups in total. The maximum atomic E-state index is 13.6. The van der Waals surface area contributed by atoms with Crippen LogP contribution in [0.4, 0.5) is 8.78 Å². The minimum Gasteiger partial charge on any atom is -0.381 e. The van der Waals surface area contributed by atoms with Crippen molar-refractivity contribution in [1.29, 1.82) is 0 Å². The first-order valence-electron chi connectivity index (χ1n) is 8.08. The van der Waals surface area contributed by atoms with Crippen molar-refractivity contribution < 1.29 is 13.5 Å². The van der Waals surface area contributed by atoms with E-state index >= 15 is 0 Å². The van der Waals surface area contributed by atoms with Gasteiger partial charge in [-0.05, 0) is 43.9 Å². The number of aryl methyl sites for hydroxylation is 1. The highest BCUT2D eigenvalue weighted by atomic mass is 19.3. The van der Waals surface area contributed by atoms with Crippen molar-refractivity contribution in [1.82, 2.24) is 9.55 Å². The quantitative estimate of drug-likeness (QED) is 0.935. The van der Waals surface area contributed by atoms with Crippen LogP contribution in [0.15, 0.2) is 16.9 Å². The molecular formula is C17H21F2N3O2. The standard InChI is InChI=1S/C17H21F2N3O2/c1-9-7-12(10(2)20)14-13(8-9)16(23)22(17(18)19)15(21-14)11-3-5-24-6-4-11/h7-8,10-11,17H,3-6,20H2,1-2H3/t10-/m1/s1. The van der Waals surface area contributed by atoms with Gasteiger partial charge in [0.15, 0.2) is 0 Å². The Hall–Kier alpha value is -1.86. The molecule has 1 fully saturated rings. The molecule has 1 aliphatic heterocycles. The number of hydrogen-bond acceptors (Lipinski definition) is 4. The van der Waals surface area contributed by atoms with E-state index in [4.69, 9.17) is 10.5 Å². The summed E-state index contributed by atoms with van der Waals surface area (Å²) in [6.07, 6.45) is 1.15. The van der Waals surface area contributed by atoms with E-state index in [0.29, 0.717) is 41.7 Å². The zero-order valence-corrected chi connectivity index (χ0v) is 13.8. The summed E-state index contributed by atoms with van der Waals surface area (Å²) in [5.41, 5.74) is 7.24. The van der Waals surface area contributed by atoms with Gasteiger partial charge in [-0.2, -0.15) is 8.78 Å². The fourth-order valence-electron chi connectivity index (χ4n) is 3.28. The zero-order valence-electron chi connectivity index (χ0n) is 13.8. The van der Waals surface area contributed by atoms with Gasteiger partial charge < -0.3 is 10.5 Å². The summed E-state index contributed by atoms with van der Waals surface area (Å²) < 4.78 is 33.0. The molecule has 2 heterocycles. The van der Waals surface area contributed by atoms with Crippen LogP contribution in [-0.4, -0.2) is 22.8 Å². The SMILES string of the molecule is Cc1cc([C@@H](C)N)c2nc(C3CCOCC3)n(C(F)F)c(=O)c2c1. The second-order valence-electron chi connectivity index (χ2n) is 6.35. The summed E-state index contributed by atoms with van der Waals surface area (Å²) >= 11 is 0. The molecule has 0 saturated carbocycles. The first kappa shape index (κ1) is 17.0. The summed E-state index contributed by atoms with van der Waals surface area (Å²) in [4.78, 5) is 17.2. The van der Waals surface area contributed by atoms with Gasteiger partial charge in [0.05, 0.1) is 10.9 Å². The molecule has 0 spiro atoms. The normalized spacial score (nSPS) is 17.6. The number of aromatic nitrogens is 2. The summed E-state index contributed by atoms with van der Waals surface area (Å²) in [6, 6.07) is 3.12. The van der Waals surface area contributed by atoms with Crippen molar-refractivity contribution in [3.05, 3.63) is 39.4 Å². The van der Waals surface area contributed by atoms with E-state index in [2.05, 4.69) is 4.98 Å². The number of alkyl halides is 2. The van der Waals surface area contributed by atoms with Crippen LogP contribution in [0.5, 0.6) is 0 Å². The van der Waals surface area contributed by atoms with Gasteiger partial charge >= 0.3 is 6.55 Å². The smallest absolute Gasteiger partial charge is 0.322 e. The third-order valence-corrected chi connectivity index (χ3v) is 4.48. The number of nitrogens with zero attached hydrogens (tertiary/aromatic N) is 2. The predicted octanol–water partition coefficient (Wildman–Crippen LogP) is 3.01. The summed E-state index contributed by atoms with van der Waals surface area (Å²) in [7, 11) is 0. The van der Waals surface area contributed by atoms with Crippen molar-refractivity contribution in [3.8, 4) is 0 Å². The third-order valence-electron chi connectivity index (χ3n) is 4.48. The molecule has 0 unspecified atom stereocenters. The number of fused-ring (bicyclic) bond motifs is 1. The van der Waals surface area contributed by atoms with E-state index < -0.39 is 12.1 Å². The lowest BCUT2D eigenvalue weighted by molar-refractivity contribution is 0.0503. The molecule has 7 heteroatoms. The highest BCUT2D eigenvalue weighted by Crippen LogP contribution is 2.30. The Morgan fingerprint density at radius 2 is 2.00 bits per heavy atom. The van der Waals surface area contributed by atoms with Crippen LogP contribution in [-0.2, 0) is 4.74 Å². The molecule has 3 rings (SSSR count). The van der Waals surface area contributed by atoms with Crippen molar-refractivity contribution in [3.63, 3.8) is 0 Å². The lowest BCUT2D eigenvalue weighted by Gasteiger charge is -2.25. The molecule has 0 aliphatic carbocycles. The van der Waals surface area contributed by atoms with E-state index in [1.165, 1.54) is 0 Å². The fraction of sp³-hybridized carbons (Fsp3) is 0.529. The van der Waals surface area contributed by atoms with Gasteiger partial charge in [0.2, 0.25) is 0 Å². The van der Waals surface area contributed by atoms with E-state index in [1.807, 2.05) is 13.0 Å². The minimum atomic E-state index is -2.92. The minimum absolute atomic E-state index is 0.136. The number of hydrogen-bond donors (Lipinski definition) is 1. The number of ether oxygens (including phenoxy) is 1. The molecule has 0 radical (unpaired) electrons. The van der Waals surface area contributed by atoms with E-state index in [1.54, 1.807) is 13.0 Å². The highest BCUT2D eigenvalue weighted by molar-refractivity contribution is 5.82. The Balaban J connectivity index is 2.33. The molecule has 1 atom stereocenters. The molecular weight excluding hydrogens is 316 g/mol. The average Bonchev–Trinajstić information content (AvgIpc) is 2.55. The number of nitrogens with two attached hydrogens (primary N) is 1. The van der Waals surface area contributed by atoms with E-state index in [-0.39, 0.29) is 23.2 Å². The fourth-order valence-corrected chi connectivity index (χ4v) is 3.28. The largest absolute Gasteiger partial charge is 0.381 e. The first-order chi connectivity index (χ1) is 11.4. The summed E-state index contributed by atoms with van der Waals surface area (Å²) in [5.74, 6) is -0.0800. The zero-order chi connectivity index (χ0) is 17.4. The van der Waals surface area contributed by atoms with Crippen LogP contribution in [0.2, 0.25) is 0 Å². The van der Waals surface area contributed by atoms with E-state index in [9.17, 15) is 13.6 Å². The molecule has 1 saturated heterocycles. The molecule has 0 amide bonds. The van der Waals surface area contributed by atoms with Crippen molar-refractivity contribution in [2.45, 2.75) is 45.2 Å². The van der Waals surface area contributed by atoms with Crippen LogP contribution in [0.25, 0.3) is 10.9 Å². The molecule has 1 aromatic carbocycles. The highest BCUT2D eigenvalue weighted by Gasteiger charge is 2.27. The summed E-state index contributed by atoms with van der Waals surface area (Å²) in [6.45, 7) is 1.64. The Morgan fingerprint density at radius 1 is 1.33 bits per heavy atom. The third kappa shape index (κ3) is 2.93. The van der Waals surface area contributed by atoms with Gasteiger partial charge in [-0.1, -0.05) is 6.07 Å². The molecule has 1 aromatic heterocycles. The molecule has 1 aliphatic rings. The maximum Gasteiger partial charge on any atom is 0.322 e. The number of benzene rings is 1. The van der Waals surface area contributed by atoms with Crippen molar-refractivity contribution >= 4 is 10.9 Å². The Kier molecular flexibility index (Phi) is 4.64. The van der Waals surface area contributed by atoms with Gasteiger partial charge in [0, 0.05) is 25.2 Å². The molecule has 24 heavy (non-hydrogen) atoms. The lowest BCUT2D eigenvalue weighted by atomic mass is 9.97. The van der Waals surface area contributed by atoms with Crippen LogP contribution in [0.1, 0.15) is 55.2 Å². The Bertz CT molecular complexity index is 812. The topological polar surface area (TPSA) is 70.1 Å². The molecule has 130 valence electrons. The number of halogens is 2. The predicted molar refractivity (Wildman–Crippen MR) is 87.4 cm³/mol. The maximum absolute atomic E-state index is 13.6. The summed E-state index contributed by atoms with van der Waals surface area (Å²) in [5, 5.41) is 0.193. The van der Waals surface area contributed by atoms with Crippen LogP contribution < -0.4 is 11.3 Å². The average molecular weight is 337 g/mol. The number of rotatable bonds is 3. The molecule has 0 bridgehead atoms. The Labute approximate surface area is 138 Å². The van der Waals surface area contributed by atoms with Gasteiger partial charge in [0.25, 0.3) is 5.56 Å². The monoisotopic (exact) mass is 337 g/mol. The molecule has 5 nitrogen and oxygen atoms in total. The lowest BCUT2D eigenvalue weighted by Crippen LogP contribution is -2.30. The van der Waals surface area contributed by atoms with Gasteiger partial charge in [-0.25, -0.2) is 9.55 Å². The van der Waals surface area contributed by atoms with Gasteiger partial charge in [-0.15, -0.1) is 0 Å². The Morgan fingerprint density at radius 3 is 2.58 bits per heavy atom. The first-order valence-corrected chi connectivity index (χ1v) is 8.08. The van der Waals surface area contributed by atoms with Gasteiger partial charge in [-0.3, -0.25) is 4.79 Å².